The molecule has 0 aromatic rings. The molecular weight excluding hydrogens is 853 g/mol. The highest BCUT2D eigenvalue weighted by Gasteiger charge is 2.19. The number of rotatable bonds is 53. The third kappa shape index (κ3) is 55.6. The van der Waals surface area contributed by atoms with Crippen molar-refractivity contribution >= 4 is 17.9 Å². The Morgan fingerprint density at radius 3 is 0.913 bits per heavy atom. The lowest BCUT2D eigenvalue weighted by Crippen LogP contribution is -2.30. The average Bonchev–Trinajstić information content (AvgIpc) is 3.35. The lowest BCUT2D eigenvalue weighted by Gasteiger charge is -2.18. The Morgan fingerprint density at radius 1 is 0.304 bits per heavy atom. The molecule has 0 heterocycles. The zero-order chi connectivity index (χ0) is 50.0. The first-order valence-corrected chi connectivity index (χ1v) is 29.4. The van der Waals surface area contributed by atoms with Gasteiger partial charge in [0.05, 0.1) is 0 Å². The van der Waals surface area contributed by atoms with Crippen molar-refractivity contribution in [2.75, 3.05) is 13.2 Å². The number of unbranched alkanes of at least 4 members (excludes halogenated alkanes) is 30. The van der Waals surface area contributed by atoms with Crippen LogP contribution in [0.25, 0.3) is 0 Å². The fraction of sp³-hybridized carbons (Fsp3) is 0.762. The lowest BCUT2D eigenvalue weighted by molar-refractivity contribution is -0.167. The monoisotopic (exact) mass is 963 g/mol. The van der Waals surface area contributed by atoms with Crippen LogP contribution in [0.4, 0.5) is 0 Å². The van der Waals surface area contributed by atoms with E-state index in [4.69, 9.17) is 14.2 Å². The third-order valence-corrected chi connectivity index (χ3v) is 12.7. The van der Waals surface area contributed by atoms with Crippen LogP contribution < -0.4 is 0 Å². The minimum atomic E-state index is -0.794. The first kappa shape index (κ1) is 65.8. The summed E-state index contributed by atoms with van der Waals surface area (Å²) < 4.78 is 16.9. The molecule has 1 atom stereocenters. The topological polar surface area (TPSA) is 78.9 Å². The molecule has 0 aromatic heterocycles. The molecule has 6 nitrogen and oxygen atoms in total. The fourth-order valence-corrected chi connectivity index (χ4v) is 8.29. The molecule has 6 heteroatoms. The molecule has 0 saturated heterocycles. The van der Waals surface area contributed by atoms with Crippen LogP contribution >= 0.6 is 0 Å². The van der Waals surface area contributed by atoms with Crippen LogP contribution in [0.2, 0.25) is 0 Å². The molecule has 0 bridgehead atoms. The molecule has 398 valence electrons. The number of ether oxygens (including phenoxy) is 3. The summed E-state index contributed by atoms with van der Waals surface area (Å²) in [6.45, 7) is 6.50. The van der Waals surface area contributed by atoms with Gasteiger partial charge in [-0.1, -0.05) is 254 Å². The van der Waals surface area contributed by atoms with E-state index in [9.17, 15) is 14.4 Å². The minimum Gasteiger partial charge on any atom is -0.462 e. The van der Waals surface area contributed by atoms with Gasteiger partial charge >= 0.3 is 17.9 Å². The van der Waals surface area contributed by atoms with Gasteiger partial charge in [-0.05, 0) is 89.9 Å². The summed E-state index contributed by atoms with van der Waals surface area (Å²) in [7, 11) is 0. The van der Waals surface area contributed by atoms with Crippen LogP contribution in [-0.4, -0.2) is 37.2 Å². The van der Waals surface area contributed by atoms with Gasteiger partial charge in [-0.3, -0.25) is 14.4 Å². The average molecular weight is 964 g/mol. The van der Waals surface area contributed by atoms with Crippen LogP contribution in [0.15, 0.2) is 72.9 Å². The largest absolute Gasteiger partial charge is 0.462 e. The summed E-state index contributed by atoms with van der Waals surface area (Å²) in [6, 6.07) is 0. The quantitative estimate of drug-likeness (QED) is 0.0262. The number of carbonyl (C=O) groups is 3. The molecule has 0 aliphatic heterocycles. The Kier molecular flexibility index (Phi) is 54.8. The molecule has 0 N–H and O–H groups in total. The molecule has 0 amide bonds. The number of hydrogen-bond donors (Lipinski definition) is 0. The van der Waals surface area contributed by atoms with E-state index in [0.717, 1.165) is 122 Å². The van der Waals surface area contributed by atoms with Gasteiger partial charge in [0.15, 0.2) is 6.10 Å². The SMILES string of the molecule is CC/C=C/C/C=C/C/C=C/CCCCCCCC(=O)OC[C@H](COC(=O)CCCCCCCCCCCCCCCCCCCCC)OC(=O)CCCCCC/C=C/C/C=C/C/C=C/CCCCC. The maximum atomic E-state index is 12.9. The number of esters is 3. The highest BCUT2D eigenvalue weighted by molar-refractivity contribution is 5.71. The zero-order valence-electron chi connectivity index (χ0n) is 45.6. The molecule has 0 spiro atoms. The van der Waals surface area contributed by atoms with Gasteiger partial charge in [0.25, 0.3) is 0 Å². The summed E-state index contributed by atoms with van der Waals surface area (Å²) in [6.07, 6.45) is 73.2. The number of carbonyl (C=O) groups excluding carboxylic acids is 3. The van der Waals surface area contributed by atoms with Gasteiger partial charge in [0.1, 0.15) is 13.2 Å². The van der Waals surface area contributed by atoms with Crippen molar-refractivity contribution in [2.24, 2.45) is 0 Å². The predicted octanol–water partition coefficient (Wildman–Crippen LogP) is 19.8. The van der Waals surface area contributed by atoms with Gasteiger partial charge in [-0.25, -0.2) is 0 Å². The van der Waals surface area contributed by atoms with Crippen molar-refractivity contribution in [2.45, 2.75) is 297 Å². The van der Waals surface area contributed by atoms with Crippen LogP contribution in [0.5, 0.6) is 0 Å². The van der Waals surface area contributed by atoms with Crippen LogP contribution in [0.1, 0.15) is 290 Å². The number of allylic oxidation sites excluding steroid dienone is 12. The van der Waals surface area contributed by atoms with Crippen molar-refractivity contribution in [1.82, 2.24) is 0 Å². The van der Waals surface area contributed by atoms with E-state index in [1.54, 1.807) is 0 Å². The smallest absolute Gasteiger partial charge is 0.306 e. The van der Waals surface area contributed by atoms with Crippen LogP contribution in [0, 0.1) is 0 Å². The van der Waals surface area contributed by atoms with Crippen LogP contribution in [0.3, 0.4) is 0 Å². The molecule has 0 aliphatic rings. The molecule has 69 heavy (non-hydrogen) atoms. The van der Waals surface area contributed by atoms with Gasteiger partial charge < -0.3 is 14.2 Å². The van der Waals surface area contributed by atoms with E-state index in [0.29, 0.717) is 19.3 Å². The van der Waals surface area contributed by atoms with E-state index in [1.165, 1.54) is 128 Å². The highest BCUT2D eigenvalue weighted by atomic mass is 16.6. The summed E-state index contributed by atoms with van der Waals surface area (Å²) in [5, 5.41) is 0. The van der Waals surface area contributed by atoms with Crippen molar-refractivity contribution in [1.29, 1.82) is 0 Å². The maximum absolute atomic E-state index is 12.9. The van der Waals surface area contributed by atoms with Crippen molar-refractivity contribution in [3.8, 4) is 0 Å². The number of hydrogen-bond acceptors (Lipinski definition) is 6. The molecule has 0 fully saturated rings. The Morgan fingerprint density at radius 2 is 0.565 bits per heavy atom. The summed E-state index contributed by atoms with van der Waals surface area (Å²) in [4.78, 5) is 38.2. The molecule has 0 saturated carbocycles. The van der Waals surface area contributed by atoms with E-state index in [1.807, 2.05) is 0 Å². The highest BCUT2D eigenvalue weighted by Crippen LogP contribution is 2.16. The second-order valence-electron chi connectivity index (χ2n) is 19.5. The Hall–Kier alpha value is -3.15. The lowest BCUT2D eigenvalue weighted by atomic mass is 10.0. The Bertz CT molecular complexity index is 1290. The second-order valence-corrected chi connectivity index (χ2v) is 19.5. The standard InChI is InChI=1S/C63H110O6/c1-4-7-10-13-16-19-22-25-28-30-31-33-35-38-41-44-47-50-53-56-62(65)68-59-60(58-67-61(64)55-52-49-46-43-40-37-34-27-24-21-18-15-12-9-6-3)69-63(66)57-54-51-48-45-42-39-36-32-29-26-23-20-17-14-11-8-5-2/h9,12,17-18,20-21,26-27,29,34,36,39,60H,4-8,10-11,13-16,19,22-25,28,30-33,35,37-38,40-59H2,1-3H3/b12-9+,20-17+,21-18+,29-26+,34-27+,39-36+/t60-/m1/s1. The Labute approximate surface area is 427 Å². The zero-order valence-corrected chi connectivity index (χ0v) is 45.6. The van der Waals surface area contributed by atoms with E-state index in [-0.39, 0.29) is 31.1 Å². The maximum Gasteiger partial charge on any atom is 0.306 e. The minimum absolute atomic E-state index is 0.0880. The third-order valence-electron chi connectivity index (χ3n) is 12.7. The van der Waals surface area contributed by atoms with E-state index in [2.05, 4.69) is 93.7 Å². The second kappa shape index (κ2) is 57.4. The van der Waals surface area contributed by atoms with Crippen LogP contribution in [-0.2, 0) is 28.6 Å². The van der Waals surface area contributed by atoms with Gasteiger partial charge in [-0.15, -0.1) is 0 Å². The van der Waals surface area contributed by atoms with Gasteiger partial charge in [0.2, 0.25) is 0 Å². The molecule has 0 aliphatic carbocycles. The van der Waals surface area contributed by atoms with Crippen molar-refractivity contribution < 1.29 is 28.6 Å². The van der Waals surface area contributed by atoms with Gasteiger partial charge in [-0.2, -0.15) is 0 Å². The summed E-state index contributed by atoms with van der Waals surface area (Å²) in [5.74, 6) is -0.917. The normalized spacial score (nSPS) is 12.6. The molecule has 0 rings (SSSR count). The predicted molar refractivity (Wildman–Crippen MR) is 298 cm³/mol. The summed E-state index contributed by atoms with van der Waals surface area (Å²) >= 11 is 0. The molecule has 0 unspecified atom stereocenters. The van der Waals surface area contributed by atoms with E-state index < -0.39 is 6.10 Å². The fourth-order valence-electron chi connectivity index (χ4n) is 8.29. The van der Waals surface area contributed by atoms with E-state index >= 15 is 0 Å². The first-order chi connectivity index (χ1) is 34.0. The molecule has 0 aromatic carbocycles. The Balaban J connectivity index is 4.41. The van der Waals surface area contributed by atoms with Crippen molar-refractivity contribution in [3.05, 3.63) is 72.9 Å². The molecule has 0 radical (unpaired) electrons. The van der Waals surface area contributed by atoms with Gasteiger partial charge in [0, 0.05) is 19.3 Å². The molecular formula is C63H110O6. The van der Waals surface area contributed by atoms with Crippen molar-refractivity contribution in [3.63, 3.8) is 0 Å². The first-order valence-electron chi connectivity index (χ1n) is 29.4. The summed E-state index contributed by atoms with van der Waals surface area (Å²) in [5.41, 5.74) is 0.